The van der Waals surface area contributed by atoms with Crippen LogP contribution in [0.4, 0.5) is 11.4 Å². The van der Waals surface area contributed by atoms with Crippen molar-refractivity contribution in [3.63, 3.8) is 0 Å². The van der Waals surface area contributed by atoms with Gasteiger partial charge in [0.2, 0.25) is 11.8 Å². The first kappa shape index (κ1) is 27.4. The molecule has 2 N–H and O–H groups in total. The summed E-state index contributed by atoms with van der Waals surface area (Å²) in [5, 5.41) is 12.3. The standard InChI is InChI=1S/C32H35N3O5/c36-30(20-23-5-2-1-3-6-23)33-28-21-27(11-12-29(28)34-15-17-40-18-16-34)26-8-4-7-24(19-26)22-35(14-13-31(37)38)32(39)25-9-10-25/h1-8,11-12,19,21,25H,9-10,13-18,20,22H2,(H,33,36)(H,37,38). The van der Waals surface area contributed by atoms with Crippen LogP contribution < -0.4 is 10.2 Å². The molecule has 1 heterocycles. The molecule has 1 saturated carbocycles. The average Bonchev–Trinajstić information content (AvgIpc) is 3.82. The third kappa shape index (κ3) is 7.27. The van der Waals surface area contributed by atoms with Crippen molar-refractivity contribution in [1.29, 1.82) is 0 Å². The van der Waals surface area contributed by atoms with Crippen molar-refractivity contribution >= 4 is 29.2 Å². The van der Waals surface area contributed by atoms with Gasteiger partial charge in [-0.3, -0.25) is 14.4 Å². The Hall–Kier alpha value is -4.17. The Bertz CT molecular complexity index is 1350. The number of ether oxygens (including phenoxy) is 1. The van der Waals surface area contributed by atoms with Gasteiger partial charge >= 0.3 is 5.97 Å². The number of benzene rings is 3. The molecule has 5 rings (SSSR count). The highest BCUT2D eigenvalue weighted by Gasteiger charge is 2.33. The van der Waals surface area contributed by atoms with Gasteiger partial charge in [-0.25, -0.2) is 0 Å². The molecule has 3 aromatic rings. The summed E-state index contributed by atoms with van der Waals surface area (Å²) in [6.07, 6.45) is 1.95. The molecule has 0 spiro atoms. The van der Waals surface area contributed by atoms with Crippen LogP contribution in [0.1, 0.15) is 30.4 Å². The minimum Gasteiger partial charge on any atom is -0.481 e. The molecule has 1 aliphatic carbocycles. The summed E-state index contributed by atoms with van der Waals surface area (Å²) in [6, 6.07) is 23.7. The third-order valence-electron chi connectivity index (χ3n) is 7.30. The summed E-state index contributed by atoms with van der Waals surface area (Å²) in [5.74, 6) is -0.944. The molecule has 40 heavy (non-hydrogen) atoms. The largest absolute Gasteiger partial charge is 0.481 e. The number of aliphatic carboxylic acids is 1. The summed E-state index contributed by atoms with van der Waals surface area (Å²) in [5.41, 5.74) is 5.49. The molecule has 2 fully saturated rings. The van der Waals surface area contributed by atoms with Gasteiger partial charge in [-0.2, -0.15) is 0 Å². The van der Waals surface area contributed by atoms with Gasteiger partial charge in [-0.15, -0.1) is 0 Å². The number of nitrogens with zero attached hydrogens (tertiary/aromatic N) is 2. The Morgan fingerprint density at radius 3 is 2.35 bits per heavy atom. The number of carboxylic acid groups (broad SMARTS) is 1. The Morgan fingerprint density at radius 1 is 0.900 bits per heavy atom. The van der Waals surface area contributed by atoms with Crippen molar-refractivity contribution in [1.82, 2.24) is 4.90 Å². The zero-order valence-corrected chi connectivity index (χ0v) is 22.6. The number of nitrogens with one attached hydrogen (secondary N) is 1. The fourth-order valence-corrected chi connectivity index (χ4v) is 5.03. The van der Waals surface area contributed by atoms with Crippen LogP contribution in [0.5, 0.6) is 0 Å². The van der Waals surface area contributed by atoms with Gasteiger partial charge < -0.3 is 25.0 Å². The second-order valence-corrected chi connectivity index (χ2v) is 10.4. The third-order valence-corrected chi connectivity index (χ3v) is 7.30. The van der Waals surface area contributed by atoms with E-state index in [9.17, 15) is 14.4 Å². The number of amides is 2. The maximum Gasteiger partial charge on any atom is 0.305 e. The fourth-order valence-electron chi connectivity index (χ4n) is 5.03. The number of hydrogen-bond donors (Lipinski definition) is 2. The Kier molecular flexibility index (Phi) is 8.76. The van der Waals surface area contributed by atoms with Crippen LogP contribution in [0.15, 0.2) is 72.8 Å². The summed E-state index contributed by atoms with van der Waals surface area (Å²) >= 11 is 0. The van der Waals surface area contributed by atoms with Crippen LogP contribution in [-0.2, 0) is 32.1 Å². The van der Waals surface area contributed by atoms with Gasteiger partial charge in [-0.1, -0.05) is 54.6 Å². The predicted octanol–water partition coefficient (Wildman–Crippen LogP) is 4.58. The predicted molar refractivity (Wildman–Crippen MR) is 154 cm³/mol. The van der Waals surface area contributed by atoms with Gasteiger partial charge in [0, 0.05) is 32.1 Å². The van der Waals surface area contributed by atoms with E-state index in [1.807, 2.05) is 72.8 Å². The van der Waals surface area contributed by atoms with E-state index in [4.69, 9.17) is 9.84 Å². The van der Waals surface area contributed by atoms with Gasteiger partial charge in [0.05, 0.1) is 37.4 Å². The van der Waals surface area contributed by atoms with Crippen LogP contribution in [0.3, 0.4) is 0 Å². The first-order chi connectivity index (χ1) is 19.5. The lowest BCUT2D eigenvalue weighted by Crippen LogP contribution is -2.36. The lowest BCUT2D eigenvalue weighted by Gasteiger charge is -2.31. The van der Waals surface area contributed by atoms with Crippen molar-refractivity contribution in [2.24, 2.45) is 5.92 Å². The molecule has 2 aliphatic rings. The van der Waals surface area contributed by atoms with E-state index < -0.39 is 5.97 Å². The van der Waals surface area contributed by atoms with Crippen LogP contribution in [0.2, 0.25) is 0 Å². The zero-order chi connectivity index (χ0) is 27.9. The lowest BCUT2D eigenvalue weighted by atomic mass is 10.0. The van der Waals surface area contributed by atoms with Crippen LogP contribution in [-0.4, -0.2) is 60.6 Å². The molecule has 8 heteroatoms. The van der Waals surface area contributed by atoms with E-state index in [1.165, 1.54) is 0 Å². The Balaban J connectivity index is 1.38. The van der Waals surface area contributed by atoms with Crippen molar-refractivity contribution in [3.8, 4) is 11.1 Å². The summed E-state index contributed by atoms with van der Waals surface area (Å²) in [7, 11) is 0. The monoisotopic (exact) mass is 541 g/mol. The minimum absolute atomic E-state index is 0.0202. The molecule has 0 aromatic heterocycles. The minimum atomic E-state index is -0.912. The van der Waals surface area contributed by atoms with Crippen molar-refractivity contribution in [2.45, 2.75) is 32.2 Å². The number of morpholine rings is 1. The van der Waals surface area contributed by atoms with Gasteiger partial charge in [0.1, 0.15) is 0 Å². The number of anilines is 2. The molecule has 0 unspecified atom stereocenters. The molecule has 0 radical (unpaired) electrons. The number of rotatable bonds is 11. The van der Waals surface area contributed by atoms with E-state index in [2.05, 4.69) is 10.2 Å². The van der Waals surface area contributed by atoms with E-state index >= 15 is 0 Å². The smallest absolute Gasteiger partial charge is 0.305 e. The van der Waals surface area contributed by atoms with Crippen molar-refractivity contribution in [3.05, 3.63) is 83.9 Å². The lowest BCUT2D eigenvalue weighted by molar-refractivity contribution is -0.139. The Labute approximate surface area is 234 Å². The van der Waals surface area contributed by atoms with Crippen molar-refractivity contribution in [2.75, 3.05) is 43.1 Å². The first-order valence-corrected chi connectivity index (χ1v) is 13.9. The maximum atomic E-state index is 13.0. The highest BCUT2D eigenvalue weighted by Crippen LogP contribution is 2.34. The highest BCUT2D eigenvalue weighted by molar-refractivity contribution is 5.96. The first-order valence-electron chi connectivity index (χ1n) is 13.9. The van der Waals surface area contributed by atoms with Gasteiger partial charge in [-0.05, 0) is 53.3 Å². The number of carbonyl (C=O) groups is 3. The topological polar surface area (TPSA) is 99.2 Å². The van der Waals surface area contributed by atoms with E-state index in [0.29, 0.717) is 19.8 Å². The molecular formula is C32H35N3O5. The summed E-state index contributed by atoms with van der Waals surface area (Å²) in [4.78, 5) is 40.9. The summed E-state index contributed by atoms with van der Waals surface area (Å²) in [6.45, 7) is 3.33. The molecule has 0 atom stereocenters. The molecule has 0 bridgehead atoms. The van der Waals surface area contributed by atoms with Gasteiger partial charge in [0.25, 0.3) is 0 Å². The van der Waals surface area contributed by atoms with Gasteiger partial charge in [0.15, 0.2) is 0 Å². The Morgan fingerprint density at radius 2 is 1.62 bits per heavy atom. The fraction of sp³-hybridized carbons (Fsp3) is 0.344. The average molecular weight is 542 g/mol. The molecule has 2 amide bonds. The molecule has 208 valence electrons. The number of carboxylic acids is 1. The zero-order valence-electron chi connectivity index (χ0n) is 22.6. The SMILES string of the molecule is O=C(O)CCN(Cc1cccc(-c2ccc(N3CCOCC3)c(NC(=O)Cc3ccccc3)c2)c1)C(=O)C1CC1. The van der Waals surface area contributed by atoms with Crippen molar-refractivity contribution < 1.29 is 24.2 Å². The highest BCUT2D eigenvalue weighted by atomic mass is 16.5. The molecule has 8 nitrogen and oxygen atoms in total. The molecule has 1 aliphatic heterocycles. The van der Waals surface area contributed by atoms with Crippen LogP contribution in [0.25, 0.3) is 11.1 Å². The van der Waals surface area contributed by atoms with E-state index in [0.717, 1.165) is 59.6 Å². The molecule has 3 aromatic carbocycles. The maximum absolute atomic E-state index is 13.0. The molecule has 1 saturated heterocycles. The van der Waals surface area contributed by atoms with E-state index in [1.54, 1.807) is 4.90 Å². The second-order valence-electron chi connectivity index (χ2n) is 10.4. The second kappa shape index (κ2) is 12.8. The van der Waals surface area contributed by atoms with E-state index in [-0.39, 0.29) is 37.1 Å². The molecular weight excluding hydrogens is 506 g/mol. The van der Waals surface area contributed by atoms with Crippen LogP contribution >= 0.6 is 0 Å². The quantitative estimate of drug-likeness (QED) is 0.369. The summed E-state index contributed by atoms with van der Waals surface area (Å²) < 4.78 is 5.54. The number of carbonyl (C=O) groups excluding carboxylic acids is 2. The van der Waals surface area contributed by atoms with Crippen LogP contribution in [0, 0.1) is 5.92 Å². The normalized spacial score (nSPS) is 14.9. The number of hydrogen-bond acceptors (Lipinski definition) is 5.